The summed E-state index contributed by atoms with van der Waals surface area (Å²) in [6.45, 7) is 0. The largest absolute Gasteiger partial charge is 0.497 e. The Balaban J connectivity index is 1.62. The van der Waals surface area contributed by atoms with Gasteiger partial charge in [0.2, 0.25) is 11.8 Å². The van der Waals surface area contributed by atoms with Crippen LogP contribution in [0.15, 0.2) is 48.5 Å². The van der Waals surface area contributed by atoms with E-state index in [2.05, 4.69) is 5.32 Å². The Bertz CT molecular complexity index is 889. The number of benzene rings is 2. The molecule has 0 radical (unpaired) electrons. The molecule has 1 N–H and O–H groups in total. The van der Waals surface area contributed by atoms with Crippen molar-refractivity contribution in [1.82, 2.24) is 4.90 Å². The molecule has 2 aromatic carbocycles. The van der Waals surface area contributed by atoms with Gasteiger partial charge < -0.3 is 15.0 Å². The van der Waals surface area contributed by atoms with Crippen LogP contribution in [-0.2, 0) is 9.59 Å². The minimum Gasteiger partial charge on any atom is -0.497 e. The van der Waals surface area contributed by atoms with Crippen LogP contribution in [-0.4, -0.2) is 29.4 Å². The van der Waals surface area contributed by atoms with E-state index in [9.17, 15) is 14.0 Å². The van der Waals surface area contributed by atoms with Gasteiger partial charge in [0.1, 0.15) is 17.1 Å². The molecule has 1 aliphatic carbocycles. The molecule has 2 fully saturated rings. The van der Waals surface area contributed by atoms with Crippen LogP contribution in [0.2, 0.25) is 0 Å². The van der Waals surface area contributed by atoms with Gasteiger partial charge in [0.05, 0.1) is 19.6 Å². The molecular weight excluding hydrogens is 371 g/mol. The Morgan fingerprint density at radius 2 is 1.72 bits per heavy atom. The van der Waals surface area contributed by atoms with Crippen LogP contribution in [0.5, 0.6) is 5.75 Å². The quantitative estimate of drug-likeness (QED) is 0.760. The molecule has 1 heterocycles. The third kappa shape index (κ3) is 3.59. The lowest BCUT2D eigenvalue weighted by molar-refractivity contribution is -0.166. The number of carbonyl (C=O) groups excluding carboxylic acids is 2. The van der Waals surface area contributed by atoms with Gasteiger partial charge in [0, 0.05) is 5.69 Å². The summed E-state index contributed by atoms with van der Waals surface area (Å²) in [7, 11) is 1.59. The number of anilines is 1. The average Bonchev–Trinajstić information content (AvgIpc) is 2.74. The first-order chi connectivity index (χ1) is 14.0. The number of nitrogens with one attached hydrogen (secondary N) is 1. The topological polar surface area (TPSA) is 58.6 Å². The Hall–Kier alpha value is -2.89. The Labute approximate surface area is 169 Å². The van der Waals surface area contributed by atoms with Crippen LogP contribution in [0, 0.1) is 5.82 Å². The van der Waals surface area contributed by atoms with Crippen LogP contribution in [0.4, 0.5) is 10.1 Å². The molecule has 1 unspecified atom stereocenters. The number of amides is 2. The van der Waals surface area contributed by atoms with Crippen molar-refractivity contribution < 1.29 is 18.7 Å². The van der Waals surface area contributed by atoms with Crippen LogP contribution in [0.1, 0.15) is 50.1 Å². The molecule has 1 atom stereocenters. The summed E-state index contributed by atoms with van der Waals surface area (Å²) in [5.74, 6) is 0.230. The first-order valence-electron chi connectivity index (χ1n) is 10.1. The lowest BCUT2D eigenvalue weighted by atomic mass is 9.75. The summed E-state index contributed by atoms with van der Waals surface area (Å²) < 4.78 is 18.5. The second-order valence-electron chi connectivity index (χ2n) is 7.81. The third-order valence-electron chi connectivity index (χ3n) is 6.12. The van der Waals surface area contributed by atoms with Crippen molar-refractivity contribution in [3.8, 4) is 5.75 Å². The highest BCUT2D eigenvalue weighted by atomic mass is 19.1. The SMILES string of the molecule is COc1ccc(NC(=O)C2(N3C(=O)CC3c3ccc(F)cc3)CCCCC2)cc1. The number of rotatable bonds is 5. The smallest absolute Gasteiger partial charge is 0.250 e. The lowest BCUT2D eigenvalue weighted by Crippen LogP contribution is -2.65. The number of carbonyl (C=O) groups is 2. The maximum absolute atomic E-state index is 13.5. The molecule has 4 rings (SSSR count). The van der Waals surface area contributed by atoms with E-state index in [1.807, 2.05) is 0 Å². The minimum atomic E-state index is -0.868. The molecule has 0 spiro atoms. The van der Waals surface area contributed by atoms with E-state index in [4.69, 9.17) is 4.74 Å². The number of β-lactam (4-membered cyclic amide) rings is 1. The van der Waals surface area contributed by atoms with E-state index in [0.29, 0.717) is 30.7 Å². The van der Waals surface area contributed by atoms with E-state index in [0.717, 1.165) is 24.8 Å². The summed E-state index contributed by atoms with van der Waals surface area (Å²) in [5.41, 5.74) is 0.673. The molecule has 1 saturated carbocycles. The maximum Gasteiger partial charge on any atom is 0.250 e. The number of hydrogen-bond acceptors (Lipinski definition) is 3. The Morgan fingerprint density at radius 1 is 1.07 bits per heavy atom. The molecule has 6 heteroatoms. The highest BCUT2D eigenvalue weighted by Crippen LogP contribution is 2.46. The predicted octanol–water partition coefficient (Wildman–Crippen LogP) is 4.45. The summed E-state index contributed by atoms with van der Waals surface area (Å²) in [5, 5.41) is 3.01. The normalized spacial score (nSPS) is 20.7. The molecular formula is C23H25FN2O3. The van der Waals surface area contributed by atoms with Crippen LogP contribution >= 0.6 is 0 Å². The summed E-state index contributed by atoms with van der Waals surface area (Å²) in [4.78, 5) is 27.9. The van der Waals surface area contributed by atoms with E-state index in [1.165, 1.54) is 12.1 Å². The molecule has 29 heavy (non-hydrogen) atoms. The van der Waals surface area contributed by atoms with Gasteiger partial charge in [-0.15, -0.1) is 0 Å². The van der Waals surface area contributed by atoms with Gasteiger partial charge >= 0.3 is 0 Å². The van der Waals surface area contributed by atoms with Gasteiger partial charge in [-0.2, -0.15) is 0 Å². The zero-order valence-electron chi connectivity index (χ0n) is 16.5. The standard InChI is InChI=1S/C23H25FN2O3/c1-29-19-11-9-18(10-12-19)25-22(28)23(13-3-2-4-14-23)26-20(15-21(26)27)16-5-7-17(24)8-6-16/h5-12,20H,2-4,13-15H2,1H3,(H,25,28). The summed E-state index contributed by atoms with van der Waals surface area (Å²) >= 11 is 0. The van der Waals surface area contributed by atoms with Gasteiger partial charge in [-0.1, -0.05) is 31.4 Å². The highest BCUT2D eigenvalue weighted by molar-refractivity contribution is 6.02. The fraction of sp³-hybridized carbons (Fsp3) is 0.391. The summed E-state index contributed by atoms with van der Waals surface area (Å²) in [6, 6.07) is 13.2. The zero-order valence-corrected chi connectivity index (χ0v) is 16.5. The van der Waals surface area contributed by atoms with Gasteiger partial charge in [0.15, 0.2) is 0 Å². The predicted molar refractivity (Wildman–Crippen MR) is 108 cm³/mol. The molecule has 1 saturated heterocycles. The van der Waals surface area contributed by atoms with E-state index in [1.54, 1.807) is 48.4 Å². The molecule has 152 valence electrons. The van der Waals surface area contributed by atoms with Crippen LogP contribution < -0.4 is 10.1 Å². The number of likely N-dealkylation sites (tertiary alicyclic amines) is 1. The van der Waals surface area contributed by atoms with Crippen molar-refractivity contribution in [1.29, 1.82) is 0 Å². The van der Waals surface area contributed by atoms with Gasteiger partial charge in [-0.3, -0.25) is 9.59 Å². The number of ether oxygens (including phenoxy) is 1. The van der Waals surface area contributed by atoms with Crippen LogP contribution in [0.25, 0.3) is 0 Å². The van der Waals surface area contributed by atoms with Gasteiger partial charge in [0.25, 0.3) is 0 Å². The molecule has 1 aliphatic heterocycles. The van der Waals surface area contributed by atoms with Crippen molar-refractivity contribution >= 4 is 17.5 Å². The van der Waals surface area contributed by atoms with Crippen molar-refractivity contribution in [3.63, 3.8) is 0 Å². The number of hydrogen-bond donors (Lipinski definition) is 1. The number of nitrogens with zero attached hydrogens (tertiary/aromatic N) is 1. The molecule has 2 aromatic rings. The average molecular weight is 396 g/mol. The zero-order chi connectivity index (χ0) is 20.4. The molecule has 0 bridgehead atoms. The number of methoxy groups -OCH3 is 1. The first-order valence-corrected chi connectivity index (χ1v) is 10.1. The van der Waals surface area contributed by atoms with E-state index >= 15 is 0 Å². The Morgan fingerprint density at radius 3 is 2.31 bits per heavy atom. The molecule has 0 aromatic heterocycles. The molecule has 5 nitrogen and oxygen atoms in total. The monoisotopic (exact) mass is 396 g/mol. The minimum absolute atomic E-state index is 0.0221. The van der Waals surface area contributed by atoms with E-state index in [-0.39, 0.29) is 23.7 Å². The Kier molecular flexibility index (Phi) is 5.26. The first kappa shape index (κ1) is 19.4. The molecule has 2 aliphatic rings. The van der Waals surface area contributed by atoms with Crippen molar-refractivity contribution in [2.45, 2.75) is 50.1 Å². The van der Waals surface area contributed by atoms with Crippen molar-refractivity contribution in [2.24, 2.45) is 0 Å². The maximum atomic E-state index is 13.5. The van der Waals surface area contributed by atoms with Gasteiger partial charge in [-0.25, -0.2) is 4.39 Å². The van der Waals surface area contributed by atoms with Crippen molar-refractivity contribution in [3.05, 3.63) is 59.9 Å². The van der Waals surface area contributed by atoms with Gasteiger partial charge in [-0.05, 0) is 54.8 Å². The van der Waals surface area contributed by atoms with Crippen LogP contribution in [0.3, 0.4) is 0 Å². The van der Waals surface area contributed by atoms with E-state index < -0.39 is 5.54 Å². The second-order valence-corrected chi connectivity index (χ2v) is 7.81. The lowest BCUT2D eigenvalue weighted by Gasteiger charge is -2.54. The fourth-order valence-electron chi connectivity index (χ4n) is 4.54. The summed E-state index contributed by atoms with van der Waals surface area (Å²) in [6.07, 6.45) is 4.48. The third-order valence-corrected chi connectivity index (χ3v) is 6.12. The molecule has 2 amide bonds. The van der Waals surface area contributed by atoms with Crippen molar-refractivity contribution in [2.75, 3.05) is 12.4 Å². The number of halogens is 1. The second kappa shape index (κ2) is 7.85. The fourth-order valence-corrected chi connectivity index (χ4v) is 4.54. The highest BCUT2D eigenvalue weighted by Gasteiger charge is 2.54.